The molecule has 0 aliphatic rings. The fourth-order valence-electron chi connectivity index (χ4n) is 2.53. The first-order chi connectivity index (χ1) is 11.0. The number of nitrogens with zero attached hydrogens (tertiary/aromatic N) is 1. The molecule has 3 rings (SSSR count). The molecule has 0 amide bonds. The summed E-state index contributed by atoms with van der Waals surface area (Å²) < 4.78 is 28.1. The molecular weight excluding hydrogens is 430 g/mol. The van der Waals surface area contributed by atoms with E-state index in [1.807, 2.05) is 24.3 Å². The molecule has 0 radical (unpaired) electrons. The van der Waals surface area contributed by atoms with Crippen molar-refractivity contribution in [3.63, 3.8) is 0 Å². The number of aromatic nitrogens is 1. The van der Waals surface area contributed by atoms with Gasteiger partial charge >= 0.3 is 0 Å². The van der Waals surface area contributed by atoms with Gasteiger partial charge in [-0.15, -0.1) is 0 Å². The van der Waals surface area contributed by atoms with Gasteiger partial charge in [0.05, 0.1) is 11.7 Å². The zero-order valence-corrected chi connectivity index (χ0v) is 15.0. The summed E-state index contributed by atoms with van der Waals surface area (Å²) in [5.74, 6) is -1.22. The molecule has 23 heavy (non-hydrogen) atoms. The van der Waals surface area contributed by atoms with E-state index in [2.05, 4.69) is 36.8 Å². The Balaban J connectivity index is 2.00. The molecule has 6 heteroatoms. The maximum Gasteiger partial charge on any atom is 0.126 e. The molecule has 0 aliphatic carbocycles. The van der Waals surface area contributed by atoms with E-state index in [1.165, 1.54) is 12.1 Å². The van der Waals surface area contributed by atoms with Gasteiger partial charge in [0.1, 0.15) is 16.2 Å². The van der Waals surface area contributed by atoms with Crippen molar-refractivity contribution in [2.24, 2.45) is 5.73 Å². The Hall–Kier alpha value is -1.37. The molecular formula is C17H12Br2F2N2. The molecule has 2 N–H and O–H groups in total. The second kappa shape index (κ2) is 6.63. The molecule has 0 saturated heterocycles. The van der Waals surface area contributed by atoms with Crippen molar-refractivity contribution in [3.8, 4) is 0 Å². The van der Waals surface area contributed by atoms with E-state index in [1.54, 1.807) is 0 Å². The summed E-state index contributed by atoms with van der Waals surface area (Å²) in [5, 5.41) is 1.94. The quantitative estimate of drug-likeness (QED) is 0.561. The number of fused-ring (bicyclic) bond motifs is 1. The number of rotatable bonds is 3. The monoisotopic (exact) mass is 440 g/mol. The molecule has 1 aromatic heterocycles. The van der Waals surface area contributed by atoms with Gasteiger partial charge in [0, 0.05) is 21.3 Å². The predicted molar refractivity (Wildman–Crippen MR) is 94.1 cm³/mol. The molecule has 2 aromatic carbocycles. The first-order valence-corrected chi connectivity index (χ1v) is 8.48. The third-order valence-electron chi connectivity index (χ3n) is 3.56. The second-order valence-electron chi connectivity index (χ2n) is 5.24. The van der Waals surface area contributed by atoms with Crippen LogP contribution in [0.25, 0.3) is 10.8 Å². The number of benzene rings is 2. The predicted octanol–water partition coefficient (Wildman–Crippen LogP) is 5.28. The normalized spacial score (nSPS) is 12.6. The van der Waals surface area contributed by atoms with Gasteiger partial charge in [-0.1, -0.05) is 24.3 Å². The zero-order chi connectivity index (χ0) is 16.6. The number of pyridine rings is 1. The van der Waals surface area contributed by atoms with Crippen LogP contribution < -0.4 is 5.73 Å². The van der Waals surface area contributed by atoms with Crippen molar-refractivity contribution < 1.29 is 8.78 Å². The average molecular weight is 442 g/mol. The lowest BCUT2D eigenvalue weighted by Crippen LogP contribution is -2.16. The van der Waals surface area contributed by atoms with Crippen molar-refractivity contribution >= 4 is 42.6 Å². The van der Waals surface area contributed by atoms with Gasteiger partial charge < -0.3 is 5.73 Å². The Morgan fingerprint density at radius 3 is 2.26 bits per heavy atom. The van der Waals surface area contributed by atoms with Crippen LogP contribution in [0.15, 0.2) is 51.5 Å². The molecule has 3 aromatic rings. The maximum atomic E-state index is 13.3. The number of halogens is 4. The highest BCUT2D eigenvalue weighted by atomic mass is 79.9. The number of hydrogen-bond acceptors (Lipinski definition) is 2. The molecule has 0 fully saturated rings. The van der Waals surface area contributed by atoms with E-state index in [9.17, 15) is 8.78 Å². The van der Waals surface area contributed by atoms with Crippen molar-refractivity contribution in [1.29, 1.82) is 0 Å². The van der Waals surface area contributed by atoms with Crippen molar-refractivity contribution in [2.45, 2.75) is 12.5 Å². The van der Waals surface area contributed by atoms with E-state index in [-0.39, 0.29) is 6.42 Å². The maximum absolute atomic E-state index is 13.3. The van der Waals surface area contributed by atoms with Crippen LogP contribution in [0.4, 0.5) is 8.78 Å². The molecule has 0 bridgehead atoms. The first kappa shape index (κ1) is 16.5. The minimum absolute atomic E-state index is 0.283. The van der Waals surface area contributed by atoms with Crippen LogP contribution in [0, 0.1) is 11.6 Å². The summed E-state index contributed by atoms with van der Waals surface area (Å²) in [6.45, 7) is 0. The summed E-state index contributed by atoms with van der Waals surface area (Å²) in [5.41, 5.74) is 7.36. The average Bonchev–Trinajstić information content (AvgIpc) is 2.50. The highest BCUT2D eigenvalue weighted by Gasteiger charge is 2.17. The standard InChI is InChI=1S/C17H12Br2F2N2/c18-15-12-3-1-2-4-13(12)17(19)23-16(15)14(22)7-9-5-10(20)8-11(21)6-9/h1-6,8,14H,7,22H2/t14-/m0/s1. The summed E-state index contributed by atoms with van der Waals surface area (Å²) in [6.07, 6.45) is 0.283. The minimum atomic E-state index is -0.612. The number of hydrogen-bond donors (Lipinski definition) is 1. The Labute approximate surface area is 149 Å². The Morgan fingerprint density at radius 2 is 1.61 bits per heavy atom. The fourth-order valence-corrected chi connectivity index (χ4v) is 3.80. The van der Waals surface area contributed by atoms with Gasteiger partial charge in [0.25, 0.3) is 0 Å². The summed E-state index contributed by atoms with van der Waals surface area (Å²) in [6, 6.07) is 10.7. The second-order valence-corrected chi connectivity index (χ2v) is 6.78. The smallest absolute Gasteiger partial charge is 0.126 e. The third-order valence-corrected chi connectivity index (χ3v) is 5.00. The van der Waals surface area contributed by atoms with Gasteiger partial charge in [-0.25, -0.2) is 13.8 Å². The highest BCUT2D eigenvalue weighted by Crippen LogP contribution is 2.34. The molecule has 2 nitrogen and oxygen atoms in total. The highest BCUT2D eigenvalue weighted by molar-refractivity contribution is 9.11. The van der Waals surface area contributed by atoms with Gasteiger partial charge in [0.2, 0.25) is 0 Å². The van der Waals surface area contributed by atoms with Gasteiger partial charge in [0.15, 0.2) is 0 Å². The lowest BCUT2D eigenvalue weighted by Gasteiger charge is -2.16. The van der Waals surface area contributed by atoms with Gasteiger partial charge in [-0.3, -0.25) is 0 Å². The van der Waals surface area contributed by atoms with Crippen LogP contribution in [0.5, 0.6) is 0 Å². The molecule has 0 unspecified atom stereocenters. The molecule has 0 aliphatic heterocycles. The van der Waals surface area contributed by atoms with Crippen LogP contribution in [0.1, 0.15) is 17.3 Å². The Kier molecular flexibility index (Phi) is 4.75. The Morgan fingerprint density at radius 1 is 1.00 bits per heavy atom. The van der Waals surface area contributed by atoms with Crippen LogP contribution in [-0.2, 0) is 6.42 Å². The SMILES string of the molecule is N[C@@H](Cc1cc(F)cc(F)c1)c1nc(Br)c2ccccc2c1Br. The van der Waals surface area contributed by atoms with Gasteiger partial charge in [-0.2, -0.15) is 0 Å². The summed E-state index contributed by atoms with van der Waals surface area (Å²) in [4.78, 5) is 4.50. The van der Waals surface area contributed by atoms with Crippen LogP contribution >= 0.6 is 31.9 Å². The summed E-state index contributed by atoms with van der Waals surface area (Å²) >= 11 is 7.00. The molecule has 118 valence electrons. The lowest BCUT2D eigenvalue weighted by molar-refractivity contribution is 0.575. The minimum Gasteiger partial charge on any atom is -0.322 e. The van der Waals surface area contributed by atoms with Gasteiger partial charge in [-0.05, 0) is 56.0 Å². The molecule has 0 saturated carbocycles. The van der Waals surface area contributed by atoms with E-state index in [0.29, 0.717) is 15.9 Å². The topological polar surface area (TPSA) is 38.9 Å². The first-order valence-electron chi connectivity index (χ1n) is 6.90. The molecule has 1 heterocycles. The Bertz CT molecular complexity index is 864. The van der Waals surface area contributed by atoms with Crippen molar-refractivity contribution in [1.82, 2.24) is 4.98 Å². The van der Waals surface area contributed by atoms with E-state index in [0.717, 1.165) is 21.3 Å². The molecule has 1 atom stereocenters. The van der Waals surface area contributed by atoms with Crippen LogP contribution in [0.2, 0.25) is 0 Å². The van der Waals surface area contributed by atoms with E-state index < -0.39 is 17.7 Å². The fraction of sp³-hybridized carbons (Fsp3) is 0.118. The third kappa shape index (κ3) is 3.44. The zero-order valence-electron chi connectivity index (χ0n) is 11.9. The largest absolute Gasteiger partial charge is 0.322 e. The van der Waals surface area contributed by atoms with E-state index >= 15 is 0 Å². The van der Waals surface area contributed by atoms with Crippen LogP contribution in [-0.4, -0.2) is 4.98 Å². The van der Waals surface area contributed by atoms with Crippen LogP contribution in [0.3, 0.4) is 0 Å². The van der Waals surface area contributed by atoms with Crippen molar-refractivity contribution in [3.05, 3.63) is 74.4 Å². The summed E-state index contributed by atoms with van der Waals surface area (Å²) in [7, 11) is 0. The molecule has 0 spiro atoms. The number of nitrogens with two attached hydrogens (primary N) is 1. The lowest BCUT2D eigenvalue weighted by atomic mass is 10.0. The van der Waals surface area contributed by atoms with Crippen molar-refractivity contribution in [2.75, 3.05) is 0 Å². The van der Waals surface area contributed by atoms with E-state index in [4.69, 9.17) is 5.73 Å².